The van der Waals surface area contributed by atoms with E-state index < -0.39 is 12.6 Å². The van der Waals surface area contributed by atoms with Crippen molar-refractivity contribution in [2.75, 3.05) is 0 Å². The van der Waals surface area contributed by atoms with Gasteiger partial charge in [-0.05, 0) is 18.8 Å². The van der Waals surface area contributed by atoms with Gasteiger partial charge in [0.2, 0.25) is 5.89 Å². The molecule has 96 valence electrons. The van der Waals surface area contributed by atoms with Gasteiger partial charge in [0, 0.05) is 18.9 Å². The highest BCUT2D eigenvalue weighted by molar-refractivity contribution is 4.94. The number of alkyl halides is 3. The average molecular weight is 249 g/mol. The third-order valence-corrected chi connectivity index (χ3v) is 2.78. The summed E-state index contributed by atoms with van der Waals surface area (Å²) < 4.78 is 40.8. The molecular weight excluding hydrogens is 235 g/mol. The molecule has 4 nitrogen and oxygen atoms in total. The predicted molar refractivity (Wildman–Crippen MR) is 53.1 cm³/mol. The molecule has 1 fully saturated rings. The molecule has 1 aromatic heterocycles. The summed E-state index contributed by atoms with van der Waals surface area (Å²) in [5, 5.41) is 3.51. The van der Waals surface area contributed by atoms with E-state index in [1.54, 1.807) is 0 Å². The van der Waals surface area contributed by atoms with Gasteiger partial charge < -0.3 is 10.3 Å². The summed E-state index contributed by atoms with van der Waals surface area (Å²) in [7, 11) is 0. The Morgan fingerprint density at radius 2 is 2.12 bits per heavy atom. The van der Waals surface area contributed by atoms with Crippen LogP contribution >= 0.6 is 0 Å². The molecule has 17 heavy (non-hydrogen) atoms. The first-order valence-electron chi connectivity index (χ1n) is 5.58. The van der Waals surface area contributed by atoms with Crippen molar-refractivity contribution in [2.45, 2.75) is 44.3 Å². The summed E-state index contributed by atoms with van der Waals surface area (Å²) in [4.78, 5) is 3.91. The number of nitrogens with zero attached hydrogens (tertiary/aromatic N) is 2. The van der Waals surface area contributed by atoms with Crippen LogP contribution in [0.3, 0.4) is 0 Å². The summed E-state index contributed by atoms with van der Waals surface area (Å²) in [6, 6.07) is -0.0223. The van der Waals surface area contributed by atoms with Crippen LogP contribution in [0.2, 0.25) is 0 Å². The van der Waals surface area contributed by atoms with Gasteiger partial charge in [0.15, 0.2) is 5.82 Å². The monoisotopic (exact) mass is 249 g/mol. The quantitative estimate of drug-likeness (QED) is 0.864. The van der Waals surface area contributed by atoms with Crippen LogP contribution < -0.4 is 5.73 Å². The van der Waals surface area contributed by atoms with Gasteiger partial charge >= 0.3 is 6.18 Å². The van der Waals surface area contributed by atoms with Crippen molar-refractivity contribution >= 4 is 0 Å². The molecule has 2 N–H and O–H groups in total. The first kappa shape index (κ1) is 12.3. The lowest BCUT2D eigenvalue weighted by Gasteiger charge is -2.04. The SMILES string of the molecule is NC(Cc1nc(CCC(F)(F)F)no1)C1CC1. The van der Waals surface area contributed by atoms with Gasteiger partial charge in [-0.15, -0.1) is 0 Å². The van der Waals surface area contributed by atoms with Crippen molar-refractivity contribution < 1.29 is 17.7 Å². The molecule has 1 atom stereocenters. The van der Waals surface area contributed by atoms with E-state index in [0.29, 0.717) is 18.2 Å². The highest BCUT2D eigenvalue weighted by Gasteiger charge is 2.30. The van der Waals surface area contributed by atoms with Gasteiger partial charge in [0.1, 0.15) is 0 Å². The largest absolute Gasteiger partial charge is 0.389 e. The Bertz CT molecular complexity index is 373. The first-order chi connectivity index (χ1) is 7.94. The van der Waals surface area contributed by atoms with Crippen molar-refractivity contribution in [1.82, 2.24) is 10.1 Å². The number of rotatable bonds is 5. The molecule has 0 bridgehead atoms. The average Bonchev–Trinajstić information content (AvgIpc) is 2.97. The van der Waals surface area contributed by atoms with Crippen molar-refractivity contribution in [3.8, 4) is 0 Å². The Labute approximate surface area is 96.4 Å². The summed E-state index contributed by atoms with van der Waals surface area (Å²) in [5.74, 6) is 0.933. The molecule has 1 saturated carbocycles. The van der Waals surface area contributed by atoms with Crippen molar-refractivity contribution in [3.05, 3.63) is 11.7 Å². The maximum Gasteiger partial charge on any atom is 0.389 e. The molecule has 2 rings (SSSR count). The van der Waals surface area contributed by atoms with Crippen LogP contribution in [0.4, 0.5) is 13.2 Å². The second-order valence-electron chi connectivity index (χ2n) is 4.42. The lowest BCUT2D eigenvalue weighted by atomic mass is 10.1. The van der Waals surface area contributed by atoms with Gasteiger partial charge in [-0.2, -0.15) is 18.2 Å². The topological polar surface area (TPSA) is 64.9 Å². The lowest BCUT2D eigenvalue weighted by Crippen LogP contribution is -2.25. The van der Waals surface area contributed by atoms with Crippen LogP contribution in [0.25, 0.3) is 0 Å². The molecule has 1 heterocycles. The number of nitrogens with two attached hydrogens (primary N) is 1. The second kappa shape index (κ2) is 4.64. The van der Waals surface area contributed by atoms with Gasteiger partial charge in [-0.1, -0.05) is 5.16 Å². The van der Waals surface area contributed by atoms with E-state index in [9.17, 15) is 13.2 Å². The summed E-state index contributed by atoms with van der Waals surface area (Å²) >= 11 is 0. The molecule has 0 saturated heterocycles. The molecule has 0 aliphatic heterocycles. The van der Waals surface area contributed by atoms with Crippen molar-refractivity contribution in [2.24, 2.45) is 11.7 Å². The number of aryl methyl sites for hydroxylation is 1. The van der Waals surface area contributed by atoms with Crippen LogP contribution in [0.15, 0.2) is 4.52 Å². The Kier molecular flexibility index (Phi) is 3.37. The van der Waals surface area contributed by atoms with E-state index in [1.165, 1.54) is 0 Å². The van der Waals surface area contributed by atoms with Gasteiger partial charge in [0.05, 0.1) is 6.42 Å². The molecule has 1 aliphatic carbocycles. The molecule has 1 unspecified atom stereocenters. The Balaban J connectivity index is 1.82. The molecule has 0 amide bonds. The molecular formula is C10H14F3N3O. The Morgan fingerprint density at radius 1 is 1.41 bits per heavy atom. The molecule has 1 aromatic rings. The van der Waals surface area contributed by atoms with Gasteiger partial charge in [-0.25, -0.2) is 0 Å². The fourth-order valence-electron chi connectivity index (χ4n) is 1.62. The van der Waals surface area contributed by atoms with Crippen molar-refractivity contribution in [1.29, 1.82) is 0 Å². The van der Waals surface area contributed by atoms with E-state index in [0.717, 1.165) is 12.8 Å². The second-order valence-corrected chi connectivity index (χ2v) is 4.42. The van der Waals surface area contributed by atoms with Crippen LogP contribution in [0.1, 0.15) is 31.0 Å². The summed E-state index contributed by atoms with van der Waals surface area (Å²) in [6.07, 6.45) is -2.70. The van der Waals surface area contributed by atoms with E-state index in [2.05, 4.69) is 10.1 Å². The fourth-order valence-corrected chi connectivity index (χ4v) is 1.62. The minimum absolute atomic E-state index is 0.0223. The maximum absolute atomic E-state index is 12.0. The summed E-state index contributed by atoms with van der Waals surface area (Å²) in [6.45, 7) is 0. The zero-order valence-corrected chi connectivity index (χ0v) is 9.20. The smallest absolute Gasteiger partial charge is 0.339 e. The lowest BCUT2D eigenvalue weighted by molar-refractivity contribution is -0.134. The third-order valence-electron chi connectivity index (χ3n) is 2.78. The maximum atomic E-state index is 12.0. The normalized spacial score (nSPS) is 18.4. The standard InChI is InChI=1S/C10H14F3N3O/c11-10(12,13)4-3-8-15-9(17-16-8)5-7(14)6-1-2-6/h6-7H,1-5,14H2. The molecule has 7 heteroatoms. The number of halogens is 3. The number of aromatic nitrogens is 2. The van der Waals surface area contributed by atoms with E-state index in [1.807, 2.05) is 0 Å². The highest BCUT2D eigenvalue weighted by atomic mass is 19.4. The van der Waals surface area contributed by atoms with E-state index >= 15 is 0 Å². The molecule has 0 aromatic carbocycles. The Morgan fingerprint density at radius 3 is 2.71 bits per heavy atom. The van der Waals surface area contributed by atoms with Crippen LogP contribution in [-0.2, 0) is 12.8 Å². The van der Waals surface area contributed by atoms with E-state index in [-0.39, 0.29) is 18.3 Å². The highest BCUT2D eigenvalue weighted by Crippen LogP contribution is 2.32. The molecule has 0 radical (unpaired) electrons. The summed E-state index contributed by atoms with van der Waals surface area (Å²) in [5.41, 5.74) is 5.86. The van der Waals surface area contributed by atoms with Crippen LogP contribution in [-0.4, -0.2) is 22.4 Å². The van der Waals surface area contributed by atoms with Crippen LogP contribution in [0, 0.1) is 5.92 Å². The minimum Gasteiger partial charge on any atom is -0.339 e. The van der Waals surface area contributed by atoms with Crippen LogP contribution in [0.5, 0.6) is 0 Å². The van der Waals surface area contributed by atoms with Gasteiger partial charge in [0.25, 0.3) is 0 Å². The van der Waals surface area contributed by atoms with Crippen molar-refractivity contribution in [3.63, 3.8) is 0 Å². The third kappa shape index (κ3) is 3.99. The number of hydrogen-bond acceptors (Lipinski definition) is 4. The molecule has 1 aliphatic rings. The number of hydrogen-bond donors (Lipinski definition) is 1. The first-order valence-corrected chi connectivity index (χ1v) is 5.58. The fraction of sp³-hybridized carbons (Fsp3) is 0.800. The Hall–Kier alpha value is -1.11. The zero-order valence-electron chi connectivity index (χ0n) is 9.20. The zero-order chi connectivity index (χ0) is 12.5. The molecule has 0 spiro atoms. The predicted octanol–water partition coefficient (Wildman–Crippen LogP) is 1.84. The van der Waals surface area contributed by atoms with E-state index in [4.69, 9.17) is 10.3 Å². The van der Waals surface area contributed by atoms with Gasteiger partial charge in [-0.3, -0.25) is 0 Å². The minimum atomic E-state index is -4.19.